The molecule has 1 aliphatic rings. The standard InChI is InChI=1S/C19H18OSe/c1-14(12-19(20)21-16-10-6-3-7-11-16)17-13-18(17)15-8-4-2-5-9-15/h2-12,17-18H,13H2,1H3/b14-12+/t17-,18-/m1/s1. The second-order valence-electron chi connectivity index (χ2n) is 5.48. The summed E-state index contributed by atoms with van der Waals surface area (Å²) >= 11 is -0.0976. The van der Waals surface area contributed by atoms with E-state index in [2.05, 4.69) is 37.3 Å². The minimum atomic E-state index is -0.0976. The van der Waals surface area contributed by atoms with Gasteiger partial charge in [-0.25, -0.2) is 0 Å². The van der Waals surface area contributed by atoms with Gasteiger partial charge in [0.2, 0.25) is 0 Å². The van der Waals surface area contributed by atoms with Gasteiger partial charge in [-0.3, -0.25) is 0 Å². The Morgan fingerprint density at radius 3 is 2.33 bits per heavy atom. The summed E-state index contributed by atoms with van der Waals surface area (Å²) in [6.07, 6.45) is 3.05. The summed E-state index contributed by atoms with van der Waals surface area (Å²) in [5.74, 6) is 1.17. The Kier molecular flexibility index (Phi) is 4.38. The van der Waals surface area contributed by atoms with Crippen molar-refractivity contribution in [3.63, 3.8) is 0 Å². The molecule has 0 unspecified atom stereocenters. The third-order valence-corrected chi connectivity index (χ3v) is 5.65. The molecule has 21 heavy (non-hydrogen) atoms. The van der Waals surface area contributed by atoms with Crippen molar-refractivity contribution in [3.05, 3.63) is 77.9 Å². The van der Waals surface area contributed by atoms with Crippen LogP contribution in [0.2, 0.25) is 0 Å². The summed E-state index contributed by atoms with van der Waals surface area (Å²) in [5.41, 5.74) is 2.64. The number of carbonyl (C=O) groups excluding carboxylic acids is 1. The van der Waals surface area contributed by atoms with E-state index in [-0.39, 0.29) is 19.6 Å². The Hall–Kier alpha value is -1.63. The van der Waals surface area contributed by atoms with Crippen LogP contribution in [0.1, 0.15) is 24.8 Å². The third kappa shape index (κ3) is 3.72. The van der Waals surface area contributed by atoms with Crippen molar-refractivity contribution < 1.29 is 4.79 Å². The molecule has 0 aliphatic heterocycles. The molecule has 0 heterocycles. The minimum absolute atomic E-state index is 0.0976. The van der Waals surface area contributed by atoms with E-state index in [0.717, 1.165) is 4.46 Å². The Morgan fingerprint density at radius 2 is 1.67 bits per heavy atom. The van der Waals surface area contributed by atoms with Crippen LogP contribution >= 0.6 is 0 Å². The van der Waals surface area contributed by atoms with Crippen LogP contribution in [0.25, 0.3) is 0 Å². The number of hydrogen-bond donors (Lipinski definition) is 0. The average Bonchev–Trinajstić information content (AvgIpc) is 3.29. The normalized spacial score (nSPS) is 21.1. The maximum atomic E-state index is 12.1. The molecule has 0 saturated heterocycles. The first kappa shape index (κ1) is 14.3. The molecule has 2 heteroatoms. The topological polar surface area (TPSA) is 17.1 Å². The Morgan fingerprint density at radius 1 is 1.05 bits per heavy atom. The van der Waals surface area contributed by atoms with Crippen LogP contribution in [0.15, 0.2) is 72.3 Å². The van der Waals surface area contributed by atoms with Crippen LogP contribution in [-0.2, 0) is 4.79 Å². The van der Waals surface area contributed by atoms with Crippen LogP contribution in [0.5, 0.6) is 0 Å². The fourth-order valence-corrected chi connectivity index (χ4v) is 4.31. The summed E-state index contributed by atoms with van der Waals surface area (Å²) in [5, 5.41) is 0. The number of hydrogen-bond acceptors (Lipinski definition) is 1. The van der Waals surface area contributed by atoms with E-state index >= 15 is 0 Å². The molecule has 0 amide bonds. The fourth-order valence-electron chi connectivity index (χ4n) is 2.69. The van der Waals surface area contributed by atoms with E-state index in [1.165, 1.54) is 17.6 Å². The molecule has 2 atom stereocenters. The van der Waals surface area contributed by atoms with Gasteiger partial charge in [0.15, 0.2) is 0 Å². The van der Waals surface area contributed by atoms with Crippen molar-refractivity contribution in [2.45, 2.75) is 19.3 Å². The molecule has 1 aliphatic carbocycles. The summed E-state index contributed by atoms with van der Waals surface area (Å²) in [6.45, 7) is 2.10. The molecule has 0 bridgehead atoms. The second kappa shape index (κ2) is 6.43. The number of rotatable bonds is 5. The first-order valence-electron chi connectivity index (χ1n) is 7.24. The predicted molar refractivity (Wildman–Crippen MR) is 87.9 cm³/mol. The molecule has 0 spiro atoms. The van der Waals surface area contributed by atoms with Gasteiger partial charge in [-0.15, -0.1) is 0 Å². The quantitative estimate of drug-likeness (QED) is 0.602. The maximum absolute atomic E-state index is 12.1. The Bertz CT molecular complexity index is 646. The molecule has 0 radical (unpaired) electrons. The van der Waals surface area contributed by atoms with Crippen LogP contribution in [-0.4, -0.2) is 19.6 Å². The summed E-state index contributed by atoms with van der Waals surface area (Å²) in [6, 6.07) is 20.6. The first-order chi connectivity index (χ1) is 10.2. The van der Waals surface area contributed by atoms with Crippen LogP contribution in [0, 0.1) is 5.92 Å². The molecule has 1 nitrogen and oxygen atoms in total. The van der Waals surface area contributed by atoms with E-state index in [4.69, 9.17) is 0 Å². The van der Waals surface area contributed by atoms with E-state index in [0.29, 0.717) is 11.8 Å². The number of allylic oxidation sites excluding steroid dienone is 2. The fraction of sp³-hybridized carbons (Fsp3) is 0.211. The second-order valence-corrected chi connectivity index (χ2v) is 7.74. The molecular weight excluding hydrogens is 323 g/mol. The summed E-state index contributed by atoms with van der Waals surface area (Å²) in [7, 11) is 0. The first-order valence-corrected chi connectivity index (χ1v) is 8.95. The molecular formula is C19H18OSe. The molecule has 0 aromatic heterocycles. The molecule has 2 aromatic carbocycles. The van der Waals surface area contributed by atoms with Gasteiger partial charge in [0, 0.05) is 0 Å². The van der Waals surface area contributed by atoms with Gasteiger partial charge in [0.25, 0.3) is 0 Å². The molecule has 2 aromatic rings. The van der Waals surface area contributed by atoms with Crippen molar-refractivity contribution in [1.29, 1.82) is 0 Å². The Labute approximate surface area is 132 Å². The SMILES string of the molecule is C/C(=C\C(=O)[Se]c1ccccc1)[C@H]1C[C@@H]1c1ccccc1. The molecule has 106 valence electrons. The molecule has 0 N–H and O–H groups in total. The van der Waals surface area contributed by atoms with Gasteiger partial charge in [0.1, 0.15) is 0 Å². The van der Waals surface area contributed by atoms with Crippen LogP contribution in [0.4, 0.5) is 0 Å². The van der Waals surface area contributed by atoms with Crippen LogP contribution < -0.4 is 4.46 Å². The predicted octanol–water partition coefficient (Wildman–Crippen LogP) is 3.29. The monoisotopic (exact) mass is 342 g/mol. The Balaban J connectivity index is 1.61. The van der Waals surface area contributed by atoms with E-state index in [1.807, 2.05) is 36.4 Å². The molecule has 1 saturated carbocycles. The zero-order valence-corrected chi connectivity index (χ0v) is 13.7. The third-order valence-electron chi connectivity index (χ3n) is 3.91. The summed E-state index contributed by atoms with van der Waals surface area (Å²) in [4.78, 5) is 12.1. The van der Waals surface area contributed by atoms with Crippen molar-refractivity contribution in [3.8, 4) is 0 Å². The van der Waals surface area contributed by atoms with Gasteiger partial charge in [-0.2, -0.15) is 0 Å². The van der Waals surface area contributed by atoms with Crippen molar-refractivity contribution in [1.82, 2.24) is 0 Å². The van der Waals surface area contributed by atoms with Crippen molar-refractivity contribution >= 4 is 24.1 Å². The van der Waals surface area contributed by atoms with Crippen molar-refractivity contribution in [2.24, 2.45) is 5.92 Å². The molecule has 1 fully saturated rings. The van der Waals surface area contributed by atoms with E-state index in [9.17, 15) is 4.79 Å². The summed E-state index contributed by atoms with van der Waals surface area (Å²) < 4.78 is 1.42. The van der Waals surface area contributed by atoms with E-state index in [1.54, 1.807) is 0 Å². The van der Waals surface area contributed by atoms with Gasteiger partial charge in [0.05, 0.1) is 0 Å². The van der Waals surface area contributed by atoms with Gasteiger partial charge >= 0.3 is 132 Å². The van der Waals surface area contributed by atoms with Crippen molar-refractivity contribution in [2.75, 3.05) is 0 Å². The zero-order chi connectivity index (χ0) is 14.7. The van der Waals surface area contributed by atoms with Gasteiger partial charge in [-0.05, 0) is 0 Å². The van der Waals surface area contributed by atoms with Gasteiger partial charge in [-0.1, -0.05) is 0 Å². The average molecular weight is 341 g/mol. The molecule has 3 rings (SSSR count). The zero-order valence-electron chi connectivity index (χ0n) is 12.0. The number of benzene rings is 2. The number of carbonyl (C=O) groups is 1. The van der Waals surface area contributed by atoms with Gasteiger partial charge < -0.3 is 0 Å². The van der Waals surface area contributed by atoms with Crippen LogP contribution in [0.3, 0.4) is 0 Å². The van der Waals surface area contributed by atoms with E-state index < -0.39 is 0 Å².